The predicted octanol–water partition coefficient (Wildman–Crippen LogP) is 4.51. The maximum absolute atomic E-state index is 13.0. The molecule has 2 fully saturated rings. The van der Waals surface area contributed by atoms with E-state index in [-0.39, 0.29) is 30.7 Å². The van der Waals surface area contributed by atoms with Crippen molar-refractivity contribution in [2.75, 3.05) is 0 Å². The van der Waals surface area contributed by atoms with E-state index in [1.54, 1.807) is 0 Å². The molecule has 2 aromatic rings. The van der Waals surface area contributed by atoms with Crippen LogP contribution in [-0.2, 0) is 16.1 Å². The molecule has 3 atom stereocenters. The molecule has 134 valence electrons. The monoisotopic (exact) mass is 349 g/mol. The smallest absolute Gasteiger partial charge is 0.410 e. The fourth-order valence-corrected chi connectivity index (χ4v) is 4.34. The summed E-state index contributed by atoms with van der Waals surface area (Å²) in [6.45, 7) is 0.272. The van der Waals surface area contributed by atoms with Crippen LogP contribution in [0.1, 0.15) is 42.9 Å². The molecule has 0 aromatic heterocycles. The van der Waals surface area contributed by atoms with Gasteiger partial charge >= 0.3 is 6.09 Å². The summed E-state index contributed by atoms with van der Waals surface area (Å²) in [6, 6.07) is 19.9. The number of fused-ring (bicyclic) bond motifs is 1. The van der Waals surface area contributed by atoms with Gasteiger partial charge in [0.2, 0.25) is 0 Å². The Morgan fingerprint density at radius 2 is 1.73 bits per heavy atom. The van der Waals surface area contributed by atoms with Crippen molar-refractivity contribution in [1.29, 1.82) is 0 Å². The van der Waals surface area contributed by atoms with Gasteiger partial charge in [0.05, 0.1) is 6.04 Å². The summed E-state index contributed by atoms with van der Waals surface area (Å²) < 4.78 is 5.64. The molecule has 1 amide bonds. The Hall–Kier alpha value is -2.62. The van der Waals surface area contributed by atoms with E-state index in [0.717, 1.165) is 24.0 Å². The molecule has 0 N–H and O–H groups in total. The van der Waals surface area contributed by atoms with Gasteiger partial charge in [0.15, 0.2) is 0 Å². The Balaban J connectivity index is 1.55. The fourth-order valence-electron chi connectivity index (χ4n) is 4.34. The van der Waals surface area contributed by atoms with E-state index >= 15 is 0 Å². The van der Waals surface area contributed by atoms with E-state index in [1.165, 1.54) is 0 Å². The Morgan fingerprint density at radius 1 is 1.04 bits per heavy atom. The van der Waals surface area contributed by atoms with E-state index in [9.17, 15) is 9.59 Å². The van der Waals surface area contributed by atoms with Crippen LogP contribution in [0.5, 0.6) is 0 Å². The van der Waals surface area contributed by atoms with Gasteiger partial charge in [-0.05, 0) is 29.9 Å². The third-order valence-electron chi connectivity index (χ3n) is 5.57. The summed E-state index contributed by atoms with van der Waals surface area (Å²) in [5, 5.41) is 0. The molecule has 0 unspecified atom stereocenters. The number of hydrogen-bond donors (Lipinski definition) is 0. The minimum Gasteiger partial charge on any atom is -0.445 e. The summed E-state index contributed by atoms with van der Waals surface area (Å²) in [5.41, 5.74) is 2.10. The second-order valence-electron chi connectivity index (χ2n) is 7.22. The molecule has 0 spiro atoms. The van der Waals surface area contributed by atoms with Gasteiger partial charge in [0, 0.05) is 18.9 Å². The lowest BCUT2D eigenvalue weighted by Gasteiger charge is -2.33. The SMILES string of the molecule is O=C1CC[C@H]2[C@H](C1)C[C@@H](c1ccccc1)N2C(=O)OCc1ccccc1. The van der Waals surface area contributed by atoms with Crippen LogP contribution in [-0.4, -0.2) is 22.8 Å². The highest BCUT2D eigenvalue weighted by molar-refractivity contribution is 5.80. The topological polar surface area (TPSA) is 46.6 Å². The van der Waals surface area contributed by atoms with E-state index < -0.39 is 0 Å². The van der Waals surface area contributed by atoms with E-state index in [2.05, 4.69) is 12.1 Å². The van der Waals surface area contributed by atoms with Crippen molar-refractivity contribution in [3.8, 4) is 0 Å². The lowest BCUT2D eigenvalue weighted by atomic mass is 9.83. The first kappa shape index (κ1) is 16.8. The molecule has 2 aromatic carbocycles. The average Bonchev–Trinajstić information content (AvgIpc) is 3.06. The number of hydrogen-bond acceptors (Lipinski definition) is 3. The van der Waals surface area contributed by atoms with Crippen LogP contribution in [0.15, 0.2) is 60.7 Å². The second kappa shape index (κ2) is 7.32. The number of rotatable bonds is 3. The number of carbonyl (C=O) groups is 2. The molecular formula is C22H23NO3. The van der Waals surface area contributed by atoms with Gasteiger partial charge in [-0.3, -0.25) is 9.69 Å². The normalized spacial score (nSPS) is 25.0. The van der Waals surface area contributed by atoms with Crippen molar-refractivity contribution in [2.45, 2.75) is 44.4 Å². The quantitative estimate of drug-likeness (QED) is 0.819. The Bertz CT molecular complexity index is 774. The summed E-state index contributed by atoms with van der Waals surface area (Å²) in [5.74, 6) is 0.559. The van der Waals surface area contributed by atoms with Crippen molar-refractivity contribution in [3.63, 3.8) is 0 Å². The van der Waals surface area contributed by atoms with Gasteiger partial charge in [0.25, 0.3) is 0 Å². The Labute approximate surface area is 153 Å². The zero-order chi connectivity index (χ0) is 17.9. The summed E-state index contributed by atoms with van der Waals surface area (Å²) in [7, 11) is 0. The van der Waals surface area contributed by atoms with Crippen molar-refractivity contribution < 1.29 is 14.3 Å². The maximum atomic E-state index is 13.0. The number of ether oxygens (including phenoxy) is 1. The highest BCUT2D eigenvalue weighted by Crippen LogP contribution is 2.45. The van der Waals surface area contributed by atoms with Gasteiger partial charge in [-0.2, -0.15) is 0 Å². The molecule has 2 aliphatic rings. The molecule has 1 aliphatic carbocycles. The molecule has 0 radical (unpaired) electrons. The first-order valence-electron chi connectivity index (χ1n) is 9.28. The third-order valence-corrected chi connectivity index (χ3v) is 5.57. The van der Waals surface area contributed by atoms with Crippen LogP contribution < -0.4 is 0 Å². The summed E-state index contributed by atoms with van der Waals surface area (Å²) >= 11 is 0. The maximum Gasteiger partial charge on any atom is 0.410 e. The lowest BCUT2D eigenvalue weighted by Crippen LogP contribution is -2.41. The fraction of sp³-hybridized carbons (Fsp3) is 0.364. The van der Waals surface area contributed by atoms with Crippen LogP contribution in [0.3, 0.4) is 0 Å². The standard InChI is InChI=1S/C22H23NO3/c24-19-11-12-20-18(13-19)14-21(17-9-5-2-6-10-17)23(20)22(25)26-15-16-7-3-1-4-8-16/h1-10,18,20-21H,11-15H2/t18-,20+,21+/m1/s1. The van der Waals surface area contributed by atoms with Gasteiger partial charge in [-0.1, -0.05) is 60.7 Å². The minimum atomic E-state index is -0.274. The summed E-state index contributed by atoms with van der Waals surface area (Å²) in [6.07, 6.45) is 2.44. The number of likely N-dealkylation sites (tertiary alicyclic amines) is 1. The van der Waals surface area contributed by atoms with Gasteiger partial charge in [-0.15, -0.1) is 0 Å². The summed E-state index contributed by atoms with van der Waals surface area (Å²) in [4.78, 5) is 26.8. The number of ketones is 1. The van der Waals surface area contributed by atoms with Gasteiger partial charge < -0.3 is 4.74 Å². The second-order valence-corrected chi connectivity index (χ2v) is 7.22. The number of Topliss-reactive ketones (excluding diaryl/α,β-unsaturated/α-hetero) is 1. The van der Waals surface area contributed by atoms with E-state index in [0.29, 0.717) is 18.6 Å². The molecule has 26 heavy (non-hydrogen) atoms. The van der Waals surface area contributed by atoms with Crippen molar-refractivity contribution in [1.82, 2.24) is 4.90 Å². The van der Waals surface area contributed by atoms with Crippen molar-refractivity contribution in [3.05, 3.63) is 71.8 Å². The first-order valence-corrected chi connectivity index (χ1v) is 9.28. The van der Waals surface area contributed by atoms with Crippen LogP contribution in [0.25, 0.3) is 0 Å². The van der Waals surface area contributed by atoms with Crippen LogP contribution in [0.2, 0.25) is 0 Å². The van der Waals surface area contributed by atoms with E-state index in [1.807, 2.05) is 53.4 Å². The minimum absolute atomic E-state index is 0.0135. The molecule has 4 rings (SSSR count). The molecule has 0 bridgehead atoms. The van der Waals surface area contributed by atoms with E-state index in [4.69, 9.17) is 4.74 Å². The molecule has 1 aliphatic heterocycles. The number of nitrogens with zero attached hydrogens (tertiary/aromatic N) is 1. The number of carbonyl (C=O) groups excluding carboxylic acids is 2. The Kier molecular flexibility index (Phi) is 4.74. The molecule has 1 saturated carbocycles. The third kappa shape index (κ3) is 3.36. The van der Waals surface area contributed by atoms with Crippen LogP contribution >= 0.6 is 0 Å². The van der Waals surface area contributed by atoms with Crippen LogP contribution in [0, 0.1) is 5.92 Å². The largest absolute Gasteiger partial charge is 0.445 e. The van der Waals surface area contributed by atoms with Gasteiger partial charge in [-0.25, -0.2) is 4.79 Å². The van der Waals surface area contributed by atoms with Gasteiger partial charge in [0.1, 0.15) is 12.4 Å². The van der Waals surface area contributed by atoms with Crippen molar-refractivity contribution >= 4 is 11.9 Å². The lowest BCUT2D eigenvalue weighted by molar-refractivity contribution is -0.122. The zero-order valence-corrected chi connectivity index (χ0v) is 14.7. The molecular weight excluding hydrogens is 326 g/mol. The zero-order valence-electron chi connectivity index (χ0n) is 14.7. The molecule has 4 nitrogen and oxygen atoms in total. The predicted molar refractivity (Wildman–Crippen MR) is 98.4 cm³/mol. The Morgan fingerprint density at radius 3 is 2.46 bits per heavy atom. The number of benzene rings is 2. The first-order chi connectivity index (χ1) is 12.7. The van der Waals surface area contributed by atoms with Crippen molar-refractivity contribution in [2.24, 2.45) is 5.92 Å². The molecule has 1 heterocycles. The molecule has 4 heteroatoms. The highest BCUT2D eigenvalue weighted by atomic mass is 16.6. The molecule has 1 saturated heterocycles. The van der Waals surface area contributed by atoms with Crippen LogP contribution in [0.4, 0.5) is 4.79 Å². The average molecular weight is 349 g/mol. The number of amides is 1. The highest BCUT2D eigenvalue weighted by Gasteiger charge is 2.47.